The lowest BCUT2D eigenvalue weighted by Crippen LogP contribution is -2.51. The highest BCUT2D eigenvalue weighted by Gasteiger charge is 2.35. The fraction of sp³-hybridized carbons (Fsp3) is 0.667. The number of aryl methyl sites for hydroxylation is 2. The van der Waals surface area contributed by atoms with E-state index in [1.54, 1.807) is 25.7 Å². The van der Waals surface area contributed by atoms with Crippen LogP contribution in [0.5, 0.6) is 0 Å². The van der Waals surface area contributed by atoms with Gasteiger partial charge in [-0.15, -0.1) is 0 Å². The summed E-state index contributed by atoms with van der Waals surface area (Å²) in [6, 6.07) is 5.07. The van der Waals surface area contributed by atoms with Gasteiger partial charge in [0.15, 0.2) is 0 Å². The van der Waals surface area contributed by atoms with Crippen LogP contribution in [0.1, 0.15) is 96.9 Å². The van der Waals surface area contributed by atoms with Crippen molar-refractivity contribution in [3.63, 3.8) is 0 Å². The van der Waals surface area contributed by atoms with E-state index < -0.39 is 23.3 Å². The summed E-state index contributed by atoms with van der Waals surface area (Å²) in [5.74, 6) is -0.551. The summed E-state index contributed by atoms with van der Waals surface area (Å²) in [5, 5.41) is 5.62. The molecule has 7 heteroatoms. The number of rotatable bonds is 10. The summed E-state index contributed by atoms with van der Waals surface area (Å²) in [4.78, 5) is 40.9. The number of nitrogens with one attached hydrogen (secondary N) is 2. The molecule has 1 aromatic carbocycles. The molecule has 1 aromatic rings. The van der Waals surface area contributed by atoms with Gasteiger partial charge in [-0.2, -0.15) is 0 Å². The third-order valence-electron chi connectivity index (χ3n) is 5.23. The number of alkyl carbamates (subject to hydrolysis) is 1. The number of hydrogen-bond acceptors (Lipinski definition) is 4. The van der Waals surface area contributed by atoms with Gasteiger partial charge in [-0.3, -0.25) is 9.59 Å². The van der Waals surface area contributed by atoms with Crippen LogP contribution in [0.3, 0.4) is 0 Å². The number of ether oxygens (including phenoxy) is 1. The Hall–Kier alpha value is -2.57. The van der Waals surface area contributed by atoms with E-state index in [9.17, 15) is 14.4 Å². The molecule has 0 bridgehead atoms. The molecule has 0 fully saturated rings. The molecule has 0 radical (unpaired) electrons. The zero-order valence-corrected chi connectivity index (χ0v) is 22.6. The van der Waals surface area contributed by atoms with E-state index in [4.69, 9.17) is 4.74 Å². The maximum Gasteiger partial charge on any atom is 0.408 e. The van der Waals surface area contributed by atoms with Crippen LogP contribution in [0, 0.1) is 13.8 Å². The van der Waals surface area contributed by atoms with Crippen LogP contribution in [-0.4, -0.2) is 47.0 Å². The van der Waals surface area contributed by atoms with Crippen LogP contribution in [0.2, 0.25) is 0 Å². The largest absolute Gasteiger partial charge is 0.444 e. The first kappa shape index (κ1) is 29.5. The molecule has 34 heavy (non-hydrogen) atoms. The van der Waals surface area contributed by atoms with E-state index in [-0.39, 0.29) is 18.4 Å². The van der Waals surface area contributed by atoms with Crippen molar-refractivity contribution in [2.75, 3.05) is 13.1 Å². The average Bonchev–Trinajstić information content (AvgIpc) is 2.67. The lowest BCUT2D eigenvalue weighted by Gasteiger charge is -2.35. The highest BCUT2D eigenvalue weighted by atomic mass is 16.6. The third kappa shape index (κ3) is 10.1. The fourth-order valence-corrected chi connectivity index (χ4v) is 3.80. The Morgan fingerprint density at radius 2 is 1.56 bits per heavy atom. The van der Waals surface area contributed by atoms with E-state index >= 15 is 0 Å². The molecule has 1 rings (SSSR count). The highest BCUT2D eigenvalue weighted by Crippen LogP contribution is 2.29. The molecule has 0 aliphatic carbocycles. The molecule has 7 nitrogen and oxygen atoms in total. The average molecular weight is 476 g/mol. The molecule has 1 unspecified atom stereocenters. The summed E-state index contributed by atoms with van der Waals surface area (Å²) in [5.41, 5.74) is 1.59. The van der Waals surface area contributed by atoms with E-state index in [0.717, 1.165) is 42.4 Å². The molecule has 0 aromatic heterocycles. The van der Waals surface area contributed by atoms with E-state index in [2.05, 4.69) is 17.6 Å². The van der Waals surface area contributed by atoms with Gasteiger partial charge in [-0.05, 0) is 78.5 Å². The standard InChI is InChI=1S/C27H45N3O4/c1-10-11-12-13-17-30(21(31)18-28-25(33)34-27(7,8)9)23(24(32)29-26(4,5)6)22-19(2)15-14-16-20(22)3/h14-16,23H,10-13,17-18H2,1-9H3,(H,28,33)(H,29,32). The van der Waals surface area contributed by atoms with Gasteiger partial charge >= 0.3 is 6.09 Å². The molecular weight excluding hydrogens is 430 g/mol. The number of unbranched alkanes of at least 4 members (excludes halogenated alkanes) is 3. The second-order valence-corrected chi connectivity index (χ2v) is 11.0. The van der Waals surface area contributed by atoms with Gasteiger partial charge in [0.25, 0.3) is 0 Å². The number of hydrogen-bond donors (Lipinski definition) is 2. The predicted molar refractivity (Wildman–Crippen MR) is 137 cm³/mol. The molecule has 192 valence electrons. The maximum absolute atomic E-state index is 13.6. The number of carbonyl (C=O) groups excluding carboxylic acids is 3. The first-order valence-electron chi connectivity index (χ1n) is 12.3. The van der Waals surface area contributed by atoms with Gasteiger partial charge in [-0.1, -0.05) is 44.4 Å². The zero-order chi connectivity index (χ0) is 26.1. The summed E-state index contributed by atoms with van der Waals surface area (Å²) >= 11 is 0. The second-order valence-electron chi connectivity index (χ2n) is 11.0. The van der Waals surface area contributed by atoms with Crippen LogP contribution < -0.4 is 10.6 Å². The monoisotopic (exact) mass is 475 g/mol. The molecule has 0 aliphatic rings. The molecule has 0 saturated heterocycles. The molecular formula is C27H45N3O4. The van der Waals surface area contributed by atoms with Crippen molar-refractivity contribution in [2.24, 2.45) is 0 Å². The van der Waals surface area contributed by atoms with Gasteiger partial charge in [0.1, 0.15) is 18.2 Å². The van der Waals surface area contributed by atoms with Crippen molar-refractivity contribution in [2.45, 2.75) is 105 Å². The van der Waals surface area contributed by atoms with Gasteiger partial charge in [0.05, 0.1) is 0 Å². The molecule has 0 aliphatic heterocycles. The summed E-state index contributed by atoms with van der Waals surface area (Å²) in [7, 11) is 0. The number of nitrogens with zero attached hydrogens (tertiary/aromatic N) is 1. The minimum absolute atomic E-state index is 0.231. The topological polar surface area (TPSA) is 87.7 Å². The minimum atomic E-state index is -0.796. The Morgan fingerprint density at radius 1 is 0.971 bits per heavy atom. The summed E-state index contributed by atoms with van der Waals surface area (Å²) < 4.78 is 5.28. The van der Waals surface area contributed by atoms with Gasteiger partial charge < -0.3 is 20.3 Å². The van der Waals surface area contributed by atoms with E-state index in [1.165, 1.54) is 0 Å². The number of amides is 3. The lowest BCUT2D eigenvalue weighted by atomic mass is 9.93. The second kappa shape index (κ2) is 12.8. The van der Waals surface area contributed by atoms with Gasteiger partial charge in [-0.25, -0.2) is 4.79 Å². The number of benzene rings is 1. The molecule has 0 heterocycles. The maximum atomic E-state index is 13.6. The Kier molecular flexibility index (Phi) is 11.1. The van der Waals surface area contributed by atoms with Crippen LogP contribution in [0.25, 0.3) is 0 Å². The van der Waals surface area contributed by atoms with Crippen molar-refractivity contribution in [1.82, 2.24) is 15.5 Å². The molecule has 0 spiro atoms. The van der Waals surface area contributed by atoms with Crippen molar-refractivity contribution in [1.29, 1.82) is 0 Å². The quantitative estimate of drug-likeness (QED) is 0.456. The number of carbonyl (C=O) groups is 3. The molecule has 2 N–H and O–H groups in total. The Bertz CT molecular complexity index is 817. The van der Waals surface area contributed by atoms with Crippen LogP contribution in [-0.2, 0) is 14.3 Å². The van der Waals surface area contributed by atoms with E-state index in [0.29, 0.717) is 6.54 Å². The van der Waals surface area contributed by atoms with Crippen molar-refractivity contribution >= 4 is 17.9 Å². The lowest BCUT2D eigenvalue weighted by molar-refractivity contribution is -0.141. The predicted octanol–water partition coefficient (Wildman–Crippen LogP) is 5.19. The Balaban J connectivity index is 3.33. The van der Waals surface area contributed by atoms with Gasteiger partial charge in [0, 0.05) is 12.1 Å². The molecule has 3 amide bonds. The Morgan fingerprint density at radius 3 is 2.06 bits per heavy atom. The van der Waals surface area contributed by atoms with Crippen LogP contribution >= 0.6 is 0 Å². The Labute approximate surface area is 206 Å². The first-order chi connectivity index (χ1) is 15.7. The first-order valence-corrected chi connectivity index (χ1v) is 12.3. The van der Waals surface area contributed by atoms with Crippen LogP contribution in [0.4, 0.5) is 4.79 Å². The fourth-order valence-electron chi connectivity index (χ4n) is 3.80. The molecule has 1 atom stereocenters. The van der Waals surface area contributed by atoms with Crippen molar-refractivity contribution in [3.05, 3.63) is 34.9 Å². The molecule has 0 saturated carbocycles. The third-order valence-corrected chi connectivity index (χ3v) is 5.23. The highest BCUT2D eigenvalue weighted by molar-refractivity contribution is 5.91. The normalized spacial score (nSPS) is 12.6. The summed E-state index contributed by atoms with van der Waals surface area (Å²) in [6.45, 7) is 17.3. The summed E-state index contributed by atoms with van der Waals surface area (Å²) in [6.07, 6.45) is 3.20. The van der Waals surface area contributed by atoms with Crippen LogP contribution in [0.15, 0.2) is 18.2 Å². The minimum Gasteiger partial charge on any atom is -0.444 e. The van der Waals surface area contributed by atoms with Crippen molar-refractivity contribution in [3.8, 4) is 0 Å². The SMILES string of the molecule is CCCCCCN(C(=O)CNC(=O)OC(C)(C)C)C(C(=O)NC(C)(C)C)c1c(C)cccc1C. The van der Waals surface area contributed by atoms with Gasteiger partial charge in [0.2, 0.25) is 11.8 Å². The smallest absolute Gasteiger partial charge is 0.408 e. The van der Waals surface area contributed by atoms with Crippen molar-refractivity contribution < 1.29 is 19.1 Å². The zero-order valence-electron chi connectivity index (χ0n) is 22.6. The van der Waals surface area contributed by atoms with E-state index in [1.807, 2.05) is 52.8 Å².